The van der Waals surface area contributed by atoms with Gasteiger partial charge in [-0.1, -0.05) is 54.6 Å². The molecule has 1 heterocycles. The number of hydrogen-bond acceptors (Lipinski definition) is 4. The van der Waals surface area contributed by atoms with E-state index in [9.17, 15) is 9.59 Å². The molecule has 0 saturated heterocycles. The normalized spacial score (nSPS) is 10.7. The molecule has 0 spiro atoms. The molecule has 6 nitrogen and oxygen atoms in total. The Kier molecular flexibility index (Phi) is 5.39. The summed E-state index contributed by atoms with van der Waals surface area (Å²) in [5, 5.41) is 7.62. The molecule has 0 atom stereocenters. The number of hydrogen-bond donors (Lipinski definition) is 1. The van der Waals surface area contributed by atoms with Crippen molar-refractivity contribution in [1.82, 2.24) is 9.78 Å². The predicted molar refractivity (Wildman–Crippen MR) is 114 cm³/mol. The molecular formula is C22H16BrN3O3. The Bertz CT molecular complexity index is 1190. The van der Waals surface area contributed by atoms with Gasteiger partial charge in [0.1, 0.15) is 6.61 Å². The molecule has 3 aromatic carbocycles. The monoisotopic (exact) mass is 449 g/mol. The van der Waals surface area contributed by atoms with Crippen LogP contribution in [-0.2, 0) is 11.3 Å². The van der Waals surface area contributed by atoms with E-state index in [4.69, 9.17) is 4.74 Å². The average molecular weight is 450 g/mol. The summed E-state index contributed by atoms with van der Waals surface area (Å²) >= 11 is 3.40. The SMILES string of the molecule is O=C(Nc1nn(C(=O)c2ccccc2Br)c2ccccc12)OCc1ccccc1. The molecule has 0 saturated carbocycles. The third-order valence-electron chi connectivity index (χ3n) is 4.32. The van der Waals surface area contributed by atoms with E-state index < -0.39 is 6.09 Å². The first-order valence-corrected chi connectivity index (χ1v) is 9.67. The number of nitrogens with zero attached hydrogens (tertiary/aromatic N) is 2. The smallest absolute Gasteiger partial charge is 0.413 e. The van der Waals surface area contributed by atoms with E-state index in [1.54, 1.807) is 30.3 Å². The fourth-order valence-electron chi connectivity index (χ4n) is 2.92. The van der Waals surface area contributed by atoms with Gasteiger partial charge in [-0.15, -0.1) is 5.10 Å². The highest BCUT2D eigenvalue weighted by Crippen LogP contribution is 2.25. The number of benzene rings is 3. The lowest BCUT2D eigenvalue weighted by Crippen LogP contribution is -2.16. The zero-order valence-corrected chi connectivity index (χ0v) is 16.8. The van der Waals surface area contributed by atoms with Crippen LogP contribution in [0.25, 0.3) is 10.9 Å². The van der Waals surface area contributed by atoms with Crippen molar-refractivity contribution in [3.63, 3.8) is 0 Å². The van der Waals surface area contributed by atoms with Gasteiger partial charge in [0.15, 0.2) is 5.82 Å². The fraction of sp³-hybridized carbons (Fsp3) is 0.0455. The van der Waals surface area contributed by atoms with Gasteiger partial charge in [-0.25, -0.2) is 4.79 Å². The summed E-state index contributed by atoms with van der Waals surface area (Å²) in [6.07, 6.45) is -0.641. The third kappa shape index (κ3) is 4.05. The number of aromatic nitrogens is 2. The summed E-state index contributed by atoms with van der Waals surface area (Å²) < 4.78 is 7.21. The first kappa shape index (κ1) is 18.9. The minimum Gasteiger partial charge on any atom is -0.444 e. The molecule has 0 fully saturated rings. The van der Waals surface area contributed by atoms with Gasteiger partial charge in [0.25, 0.3) is 5.91 Å². The topological polar surface area (TPSA) is 73.2 Å². The van der Waals surface area contributed by atoms with Crippen molar-refractivity contribution in [2.45, 2.75) is 6.61 Å². The van der Waals surface area contributed by atoms with E-state index in [1.165, 1.54) is 4.68 Å². The van der Waals surface area contributed by atoms with Crippen LogP contribution < -0.4 is 5.32 Å². The fourth-order valence-corrected chi connectivity index (χ4v) is 3.37. The van der Waals surface area contributed by atoms with Crippen molar-refractivity contribution in [1.29, 1.82) is 0 Å². The Morgan fingerprint density at radius 1 is 0.931 bits per heavy atom. The quantitative estimate of drug-likeness (QED) is 0.462. The molecule has 1 aromatic heterocycles. The molecule has 144 valence electrons. The number of halogens is 1. The Morgan fingerprint density at radius 2 is 1.62 bits per heavy atom. The molecule has 0 bridgehead atoms. The highest BCUT2D eigenvalue weighted by molar-refractivity contribution is 9.10. The molecule has 0 aliphatic heterocycles. The van der Waals surface area contributed by atoms with Gasteiger partial charge in [-0.3, -0.25) is 10.1 Å². The van der Waals surface area contributed by atoms with Crippen LogP contribution in [0.5, 0.6) is 0 Å². The number of nitrogens with one attached hydrogen (secondary N) is 1. The summed E-state index contributed by atoms with van der Waals surface area (Å²) in [5.74, 6) is -0.0431. The second-order valence-corrected chi connectivity index (χ2v) is 7.10. The molecule has 0 aliphatic carbocycles. The van der Waals surface area contributed by atoms with Gasteiger partial charge >= 0.3 is 6.09 Å². The maximum Gasteiger partial charge on any atom is 0.413 e. The first-order valence-electron chi connectivity index (χ1n) is 8.88. The number of fused-ring (bicyclic) bond motifs is 1. The summed E-state index contributed by atoms with van der Waals surface area (Å²) in [4.78, 5) is 25.3. The number of amides is 1. The van der Waals surface area contributed by atoms with Crippen LogP contribution in [0.3, 0.4) is 0 Å². The van der Waals surface area contributed by atoms with Crippen molar-refractivity contribution in [2.24, 2.45) is 0 Å². The summed E-state index contributed by atoms with van der Waals surface area (Å²) in [5.41, 5.74) is 1.94. The van der Waals surface area contributed by atoms with E-state index in [-0.39, 0.29) is 18.3 Å². The maximum atomic E-state index is 13.0. The number of anilines is 1. The largest absolute Gasteiger partial charge is 0.444 e. The second-order valence-electron chi connectivity index (χ2n) is 6.25. The van der Waals surface area contributed by atoms with Crippen LogP contribution in [-0.4, -0.2) is 21.8 Å². The third-order valence-corrected chi connectivity index (χ3v) is 5.01. The summed E-state index contributed by atoms with van der Waals surface area (Å²) in [7, 11) is 0. The minimum absolute atomic E-state index is 0.140. The van der Waals surface area contributed by atoms with Gasteiger partial charge < -0.3 is 4.74 Å². The molecule has 1 N–H and O–H groups in total. The van der Waals surface area contributed by atoms with E-state index in [1.807, 2.05) is 48.5 Å². The molecule has 1 amide bonds. The van der Waals surface area contributed by atoms with Crippen molar-refractivity contribution < 1.29 is 14.3 Å². The number of carbonyl (C=O) groups is 2. The molecule has 4 aromatic rings. The van der Waals surface area contributed by atoms with Crippen LogP contribution in [0.2, 0.25) is 0 Å². The molecule has 0 aliphatic rings. The van der Waals surface area contributed by atoms with Crippen LogP contribution in [0.15, 0.2) is 83.3 Å². The van der Waals surface area contributed by atoms with Crippen LogP contribution in [0, 0.1) is 0 Å². The molecule has 0 radical (unpaired) electrons. The molecule has 4 rings (SSSR count). The van der Waals surface area contributed by atoms with Gasteiger partial charge in [-0.2, -0.15) is 4.68 Å². The van der Waals surface area contributed by atoms with Crippen molar-refractivity contribution in [3.8, 4) is 0 Å². The highest BCUT2D eigenvalue weighted by atomic mass is 79.9. The molecule has 29 heavy (non-hydrogen) atoms. The number of carbonyl (C=O) groups excluding carboxylic acids is 2. The second kappa shape index (κ2) is 8.28. The maximum absolute atomic E-state index is 13.0. The van der Waals surface area contributed by atoms with Gasteiger partial charge in [0, 0.05) is 9.86 Å². The van der Waals surface area contributed by atoms with Crippen molar-refractivity contribution in [3.05, 3.63) is 94.5 Å². The van der Waals surface area contributed by atoms with E-state index >= 15 is 0 Å². The van der Waals surface area contributed by atoms with Gasteiger partial charge in [-0.05, 0) is 45.8 Å². The zero-order chi connectivity index (χ0) is 20.2. The van der Waals surface area contributed by atoms with Crippen LogP contribution >= 0.6 is 15.9 Å². The molecule has 7 heteroatoms. The van der Waals surface area contributed by atoms with Crippen molar-refractivity contribution >= 4 is 44.7 Å². The predicted octanol–water partition coefficient (Wildman–Crippen LogP) is 5.24. The number of rotatable bonds is 4. The Balaban J connectivity index is 1.60. The average Bonchev–Trinajstić information content (AvgIpc) is 3.11. The lowest BCUT2D eigenvalue weighted by Gasteiger charge is -2.05. The Hall–Kier alpha value is -3.45. The van der Waals surface area contributed by atoms with Crippen LogP contribution in [0.4, 0.5) is 10.6 Å². The first-order chi connectivity index (χ1) is 14.1. The molecule has 0 unspecified atom stereocenters. The van der Waals surface area contributed by atoms with E-state index in [0.717, 1.165) is 5.56 Å². The van der Waals surface area contributed by atoms with E-state index in [0.29, 0.717) is 20.9 Å². The summed E-state index contributed by atoms with van der Waals surface area (Å²) in [6.45, 7) is 0.140. The highest BCUT2D eigenvalue weighted by Gasteiger charge is 2.20. The number of ether oxygens (including phenoxy) is 1. The summed E-state index contributed by atoms with van der Waals surface area (Å²) in [6, 6.07) is 23.7. The minimum atomic E-state index is -0.641. The van der Waals surface area contributed by atoms with E-state index in [2.05, 4.69) is 26.3 Å². The lowest BCUT2D eigenvalue weighted by molar-refractivity contribution is 0.0949. The Labute approximate surface area is 175 Å². The van der Waals surface area contributed by atoms with Crippen LogP contribution in [0.1, 0.15) is 15.9 Å². The van der Waals surface area contributed by atoms with Gasteiger partial charge in [0.2, 0.25) is 0 Å². The van der Waals surface area contributed by atoms with Crippen molar-refractivity contribution in [2.75, 3.05) is 5.32 Å². The zero-order valence-electron chi connectivity index (χ0n) is 15.2. The van der Waals surface area contributed by atoms with Gasteiger partial charge in [0.05, 0.1) is 11.1 Å². The lowest BCUT2D eigenvalue weighted by atomic mass is 10.2. The number of para-hydroxylation sites is 1. The Morgan fingerprint density at radius 3 is 2.41 bits per heavy atom. The molecular weight excluding hydrogens is 434 g/mol. The standard InChI is InChI=1S/C22H16BrN3O3/c23-18-12-6-4-10-16(18)21(27)26-19-13-7-5-11-17(19)20(25-26)24-22(28)29-14-15-8-2-1-3-9-15/h1-13H,14H2,(H,24,25,28).